The molecule has 0 aromatic heterocycles. The molecule has 1 saturated heterocycles. The van der Waals surface area contributed by atoms with E-state index in [0.29, 0.717) is 6.54 Å². The summed E-state index contributed by atoms with van der Waals surface area (Å²) < 4.78 is 13.0. The Morgan fingerprint density at radius 3 is 2.48 bits per heavy atom. The fourth-order valence-electron chi connectivity index (χ4n) is 2.99. The van der Waals surface area contributed by atoms with E-state index in [0.717, 1.165) is 36.2 Å². The molecule has 2 aromatic rings. The second-order valence-corrected chi connectivity index (χ2v) is 8.30. The SMILES string of the molecule is O=C(CCNC(=O)c1ccc(F)cc1Cl)NCc1ccc(N2CCSCC2)cc1. The van der Waals surface area contributed by atoms with Crippen LogP contribution in [-0.2, 0) is 11.3 Å². The molecule has 0 unspecified atom stereocenters. The van der Waals surface area contributed by atoms with Crippen LogP contribution in [0.25, 0.3) is 0 Å². The molecule has 2 N–H and O–H groups in total. The molecule has 3 rings (SSSR count). The third kappa shape index (κ3) is 6.37. The lowest BCUT2D eigenvalue weighted by atomic mass is 10.2. The number of hydrogen-bond donors (Lipinski definition) is 2. The van der Waals surface area contributed by atoms with Crippen molar-refractivity contribution < 1.29 is 14.0 Å². The molecule has 1 aliphatic rings. The van der Waals surface area contributed by atoms with Crippen molar-refractivity contribution in [3.05, 3.63) is 64.4 Å². The number of amides is 2. The molecule has 0 bridgehead atoms. The summed E-state index contributed by atoms with van der Waals surface area (Å²) in [5.41, 5.74) is 2.42. The monoisotopic (exact) mass is 435 g/mol. The Labute approximate surface area is 179 Å². The van der Waals surface area contributed by atoms with Crippen LogP contribution in [0.1, 0.15) is 22.3 Å². The van der Waals surface area contributed by atoms with Crippen LogP contribution in [0.5, 0.6) is 0 Å². The molecule has 0 atom stereocenters. The minimum Gasteiger partial charge on any atom is -0.370 e. The van der Waals surface area contributed by atoms with E-state index in [1.54, 1.807) is 0 Å². The van der Waals surface area contributed by atoms with E-state index < -0.39 is 11.7 Å². The highest BCUT2D eigenvalue weighted by molar-refractivity contribution is 7.99. The van der Waals surface area contributed by atoms with Gasteiger partial charge in [0.15, 0.2) is 0 Å². The number of nitrogens with zero attached hydrogens (tertiary/aromatic N) is 1. The number of nitrogens with one attached hydrogen (secondary N) is 2. The highest BCUT2D eigenvalue weighted by atomic mass is 35.5. The number of halogens is 2. The Morgan fingerprint density at radius 1 is 1.07 bits per heavy atom. The zero-order chi connectivity index (χ0) is 20.6. The van der Waals surface area contributed by atoms with Crippen LogP contribution < -0.4 is 15.5 Å². The maximum absolute atomic E-state index is 13.0. The molecular formula is C21H23ClFN3O2S. The Hall–Kier alpha value is -2.25. The van der Waals surface area contributed by atoms with E-state index >= 15 is 0 Å². The molecule has 2 amide bonds. The van der Waals surface area contributed by atoms with Crippen molar-refractivity contribution in [3.8, 4) is 0 Å². The van der Waals surface area contributed by atoms with Crippen molar-refractivity contribution in [1.29, 1.82) is 0 Å². The number of carbonyl (C=O) groups is 2. The minimum absolute atomic E-state index is 0.0405. The lowest BCUT2D eigenvalue weighted by Gasteiger charge is -2.28. The summed E-state index contributed by atoms with van der Waals surface area (Å²) in [6.45, 7) is 2.74. The second kappa shape index (κ2) is 10.5. The highest BCUT2D eigenvalue weighted by Crippen LogP contribution is 2.20. The van der Waals surface area contributed by atoms with Crippen LogP contribution in [-0.4, -0.2) is 43.0 Å². The Kier molecular flexibility index (Phi) is 7.77. The summed E-state index contributed by atoms with van der Waals surface area (Å²) in [7, 11) is 0. The summed E-state index contributed by atoms with van der Waals surface area (Å²) in [6.07, 6.45) is 0.147. The van der Waals surface area contributed by atoms with E-state index in [1.807, 2.05) is 23.9 Å². The largest absolute Gasteiger partial charge is 0.370 e. The molecule has 29 heavy (non-hydrogen) atoms. The number of rotatable bonds is 7. The van der Waals surface area contributed by atoms with E-state index in [-0.39, 0.29) is 29.5 Å². The average molecular weight is 436 g/mol. The first-order valence-corrected chi connectivity index (χ1v) is 11.0. The van der Waals surface area contributed by atoms with Gasteiger partial charge in [-0.3, -0.25) is 9.59 Å². The van der Waals surface area contributed by atoms with Crippen molar-refractivity contribution in [3.63, 3.8) is 0 Å². The van der Waals surface area contributed by atoms with E-state index in [2.05, 4.69) is 27.7 Å². The van der Waals surface area contributed by atoms with Crippen molar-refractivity contribution in [2.45, 2.75) is 13.0 Å². The standard InChI is InChI=1S/C21H23ClFN3O2S/c22-19-13-16(23)3-6-18(19)21(28)24-8-7-20(27)25-14-15-1-4-17(5-2-15)26-9-11-29-12-10-26/h1-6,13H,7-12,14H2,(H,24,28)(H,25,27). The smallest absolute Gasteiger partial charge is 0.252 e. The lowest BCUT2D eigenvalue weighted by molar-refractivity contribution is -0.121. The zero-order valence-electron chi connectivity index (χ0n) is 15.9. The quantitative estimate of drug-likeness (QED) is 0.699. The molecule has 0 spiro atoms. The third-order valence-electron chi connectivity index (χ3n) is 4.62. The molecule has 2 aromatic carbocycles. The molecule has 0 radical (unpaired) electrons. The van der Waals surface area contributed by atoms with Gasteiger partial charge in [0.25, 0.3) is 5.91 Å². The van der Waals surface area contributed by atoms with Gasteiger partial charge in [-0.15, -0.1) is 0 Å². The van der Waals surface area contributed by atoms with Gasteiger partial charge in [0.05, 0.1) is 10.6 Å². The molecule has 5 nitrogen and oxygen atoms in total. The van der Waals surface area contributed by atoms with Crippen molar-refractivity contribution >= 4 is 40.9 Å². The Bertz CT molecular complexity index is 858. The highest BCUT2D eigenvalue weighted by Gasteiger charge is 2.12. The molecule has 0 aliphatic carbocycles. The van der Waals surface area contributed by atoms with Gasteiger partial charge in [-0.05, 0) is 35.9 Å². The van der Waals surface area contributed by atoms with E-state index in [1.165, 1.54) is 17.8 Å². The van der Waals surface area contributed by atoms with Gasteiger partial charge in [0.2, 0.25) is 5.91 Å². The second-order valence-electron chi connectivity index (χ2n) is 6.67. The van der Waals surface area contributed by atoms with E-state index in [4.69, 9.17) is 11.6 Å². The van der Waals surface area contributed by atoms with Crippen LogP contribution >= 0.6 is 23.4 Å². The lowest BCUT2D eigenvalue weighted by Crippen LogP contribution is -2.32. The fourth-order valence-corrected chi connectivity index (χ4v) is 4.15. The summed E-state index contributed by atoms with van der Waals surface area (Å²) in [6, 6.07) is 11.8. The van der Waals surface area contributed by atoms with Crippen LogP contribution in [0.4, 0.5) is 10.1 Å². The maximum Gasteiger partial charge on any atom is 0.252 e. The minimum atomic E-state index is -0.506. The fraction of sp³-hybridized carbons (Fsp3) is 0.333. The molecule has 8 heteroatoms. The molecular weight excluding hydrogens is 413 g/mol. The van der Waals surface area contributed by atoms with Crippen LogP contribution in [0.3, 0.4) is 0 Å². The zero-order valence-corrected chi connectivity index (χ0v) is 17.5. The van der Waals surface area contributed by atoms with Crippen molar-refractivity contribution in [2.24, 2.45) is 0 Å². The predicted octanol–water partition coefficient (Wildman–Crippen LogP) is 3.47. The number of thioether (sulfide) groups is 1. The molecule has 1 fully saturated rings. The molecule has 0 saturated carbocycles. The van der Waals surface area contributed by atoms with Gasteiger partial charge < -0.3 is 15.5 Å². The molecule has 1 heterocycles. The average Bonchev–Trinajstić information content (AvgIpc) is 2.73. The molecule has 154 valence electrons. The van der Waals surface area contributed by atoms with Crippen molar-refractivity contribution in [2.75, 3.05) is 36.0 Å². The van der Waals surface area contributed by atoms with Gasteiger partial charge in [0, 0.05) is 49.8 Å². The number of hydrogen-bond acceptors (Lipinski definition) is 4. The number of anilines is 1. The van der Waals surface area contributed by atoms with Gasteiger partial charge in [0.1, 0.15) is 5.82 Å². The van der Waals surface area contributed by atoms with Crippen LogP contribution in [0, 0.1) is 5.82 Å². The third-order valence-corrected chi connectivity index (χ3v) is 5.87. The summed E-state index contributed by atoms with van der Waals surface area (Å²) in [5.74, 6) is 1.21. The number of benzene rings is 2. The normalized spacial score (nSPS) is 13.8. The number of carbonyl (C=O) groups excluding carboxylic acids is 2. The summed E-state index contributed by atoms with van der Waals surface area (Å²) in [5, 5.41) is 5.51. The summed E-state index contributed by atoms with van der Waals surface area (Å²) in [4.78, 5) is 26.4. The Balaban J connectivity index is 1.39. The van der Waals surface area contributed by atoms with Gasteiger partial charge in [-0.2, -0.15) is 11.8 Å². The van der Waals surface area contributed by atoms with Gasteiger partial charge in [-0.25, -0.2) is 4.39 Å². The Morgan fingerprint density at radius 2 is 1.79 bits per heavy atom. The van der Waals surface area contributed by atoms with Crippen LogP contribution in [0.2, 0.25) is 5.02 Å². The van der Waals surface area contributed by atoms with Crippen LogP contribution in [0.15, 0.2) is 42.5 Å². The van der Waals surface area contributed by atoms with Gasteiger partial charge >= 0.3 is 0 Å². The first kappa shape index (κ1) is 21.5. The first-order valence-electron chi connectivity index (χ1n) is 9.44. The van der Waals surface area contributed by atoms with Crippen molar-refractivity contribution in [1.82, 2.24) is 10.6 Å². The van der Waals surface area contributed by atoms with Gasteiger partial charge in [-0.1, -0.05) is 23.7 Å². The topological polar surface area (TPSA) is 61.4 Å². The molecule has 1 aliphatic heterocycles. The first-order chi connectivity index (χ1) is 14.0. The predicted molar refractivity (Wildman–Crippen MR) is 116 cm³/mol. The maximum atomic E-state index is 13.0. The summed E-state index contributed by atoms with van der Waals surface area (Å²) >= 11 is 7.84. The van der Waals surface area contributed by atoms with E-state index in [9.17, 15) is 14.0 Å².